The molecule has 4 rings (SSSR count). The first-order valence-corrected chi connectivity index (χ1v) is 10.6. The number of hydrogen-bond acceptors (Lipinski definition) is 6. The van der Waals surface area contributed by atoms with Crippen molar-refractivity contribution in [3.05, 3.63) is 71.4 Å². The summed E-state index contributed by atoms with van der Waals surface area (Å²) in [7, 11) is 1.74. The van der Waals surface area contributed by atoms with Gasteiger partial charge in [0.25, 0.3) is 5.91 Å². The summed E-state index contributed by atoms with van der Waals surface area (Å²) in [5, 5.41) is 14.7. The van der Waals surface area contributed by atoms with Gasteiger partial charge in [-0.25, -0.2) is 0 Å². The number of alkyl halides is 6. The molecule has 1 unspecified atom stereocenters. The molecule has 0 fully saturated rings. The Hall–Kier alpha value is -4.30. The Kier molecular flexibility index (Phi) is 6.71. The average molecular weight is 524 g/mol. The second-order valence-corrected chi connectivity index (χ2v) is 8.09. The number of carbonyl (C=O) groups is 1. The smallest absolute Gasteiger partial charge is 0.351 e. The topological polar surface area (TPSA) is 103 Å². The van der Waals surface area contributed by atoms with Gasteiger partial charge in [-0.1, -0.05) is 12.1 Å². The highest BCUT2D eigenvalue weighted by Crippen LogP contribution is 2.36. The fraction of sp³-hybridized carbons (Fsp3) is 0.273. The van der Waals surface area contributed by atoms with Crippen LogP contribution in [0.2, 0.25) is 0 Å². The van der Waals surface area contributed by atoms with Crippen molar-refractivity contribution in [3.8, 4) is 17.2 Å². The molecule has 0 aliphatic rings. The van der Waals surface area contributed by atoms with Crippen molar-refractivity contribution in [1.82, 2.24) is 40.1 Å². The van der Waals surface area contributed by atoms with Crippen LogP contribution in [0.5, 0.6) is 0 Å². The SMILES string of the molecule is CC(CNC(=O)c1cc(C(F)(F)F)cc(C(F)(F)F)c1)c1nccnc1-c1cn(-c2ccn(C)n2)nn1. The van der Waals surface area contributed by atoms with Crippen molar-refractivity contribution in [2.75, 3.05) is 6.54 Å². The van der Waals surface area contributed by atoms with Gasteiger partial charge in [0.1, 0.15) is 11.4 Å². The molecule has 0 aliphatic heterocycles. The van der Waals surface area contributed by atoms with E-state index in [1.807, 2.05) is 0 Å². The number of benzene rings is 1. The van der Waals surface area contributed by atoms with Crippen LogP contribution < -0.4 is 5.32 Å². The molecule has 1 aromatic carbocycles. The first-order chi connectivity index (χ1) is 17.3. The van der Waals surface area contributed by atoms with Gasteiger partial charge in [0.05, 0.1) is 23.0 Å². The standard InChI is InChI=1S/C22H18F6N8O/c1-12(10-31-20(37)13-7-14(21(23,24)25)9-15(8-13)22(26,27)28)18-19(30-5-4-29-18)16-11-36(34-32-16)17-3-6-35(2)33-17/h3-9,11-12H,10H2,1-2H3,(H,31,37). The Balaban J connectivity index is 1.54. The third-order valence-corrected chi connectivity index (χ3v) is 5.28. The zero-order chi connectivity index (χ0) is 27.0. The predicted molar refractivity (Wildman–Crippen MR) is 116 cm³/mol. The van der Waals surface area contributed by atoms with Crippen LogP contribution in [0.25, 0.3) is 17.2 Å². The molecule has 0 radical (unpaired) electrons. The molecule has 37 heavy (non-hydrogen) atoms. The van der Waals surface area contributed by atoms with Gasteiger partial charge in [0.15, 0.2) is 5.82 Å². The number of aryl methyl sites for hydroxylation is 1. The maximum absolute atomic E-state index is 13.1. The van der Waals surface area contributed by atoms with E-state index in [9.17, 15) is 31.1 Å². The molecule has 1 atom stereocenters. The van der Waals surface area contributed by atoms with Crippen LogP contribution in [0.1, 0.15) is 40.0 Å². The molecule has 3 aromatic heterocycles. The molecule has 0 saturated heterocycles. The summed E-state index contributed by atoms with van der Waals surface area (Å²) in [4.78, 5) is 21.1. The number of carbonyl (C=O) groups excluding carboxylic acids is 1. The first-order valence-electron chi connectivity index (χ1n) is 10.6. The molecule has 3 heterocycles. The van der Waals surface area contributed by atoms with Gasteiger partial charge in [0, 0.05) is 49.7 Å². The Morgan fingerprint density at radius 3 is 2.27 bits per heavy atom. The fourth-order valence-corrected chi connectivity index (χ4v) is 3.45. The minimum Gasteiger partial charge on any atom is -0.351 e. The summed E-state index contributed by atoms with van der Waals surface area (Å²) in [6.07, 6.45) is -4.01. The maximum atomic E-state index is 13.1. The van der Waals surface area contributed by atoms with E-state index in [0.29, 0.717) is 35.0 Å². The van der Waals surface area contributed by atoms with E-state index in [1.54, 1.807) is 37.1 Å². The molecule has 4 aromatic rings. The molecule has 194 valence electrons. The number of nitrogens with one attached hydrogen (secondary N) is 1. The van der Waals surface area contributed by atoms with E-state index in [4.69, 9.17) is 0 Å². The average Bonchev–Trinajstić information content (AvgIpc) is 3.50. The molecule has 0 spiro atoms. The molecule has 15 heteroatoms. The van der Waals surface area contributed by atoms with Gasteiger partial charge in [-0.3, -0.25) is 19.4 Å². The molecule has 0 bridgehead atoms. The first kappa shape index (κ1) is 25.8. The lowest BCUT2D eigenvalue weighted by molar-refractivity contribution is -0.143. The Bertz CT molecular complexity index is 1390. The lowest BCUT2D eigenvalue weighted by Gasteiger charge is -2.16. The van der Waals surface area contributed by atoms with Crippen LogP contribution >= 0.6 is 0 Å². The summed E-state index contributed by atoms with van der Waals surface area (Å²) >= 11 is 0. The van der Waals surface area contributed by atoms with Crippen LogP contribution in [0, 0.1) is 0 Å². The van der Waals surface area contributed by atoms with Crippen molar-refractivity contribution in [2.24, 2.45) is 7.05 Å². The zero-order valence-electron chi connectivity index (χ0n) is 19.2. The maximum Gasteiger partial charge on any atom is 0.416 e. The van der Waals surface area contributed by atoms with Crippen molar-refractivity contribution in [2.45, 2.75) is 25.2 Å². The van der Waals surface area contributed by atoms with Crippen LogP contribution in [-0.4, -0.2) is 47.2 Å². The number of hydrogen-bond donors (Lipinski definition) is 1. The Morgan fingerprint density at radius 2 is 1.68 bits per heavy atom. The summed E-state index contributed by atoms with van der Waals surface area (Å²) < 4.78 is 81.7. The summed E-state index contributed by atoms with van der Waals surface area (Å²) in [6, 6.07) is 2.42. The van der Waals surface area contributed by atoms with E-state index in [0.717, 1.165) is 0 Å². The normalized spacial score (nSPS) is 13.0. The second-order valence-electron chi connectivity index (χ2n) is 8.09. The van der Waals surface area contributed by atoms with Crippen molar-refractivity contribution >= 4 is 5.91 Å². The largest absolute Gasteiger partial charge is 0.416 e. The van der Waals surface area contributed by atoms with E-state index in [1.165, 1.54) is 17.1 Å². The minimum atomic E-state index is -5.06. The van der Waals surface area contributed by atoms with Gasteiger partial charge >= 0.3 is 12.4 Å². The summed E-state index contributed by atoms with van der Waals surface area (Å²) in [6.45, 7) is 1.50. The number of amides is 1. The van der Waals surface area contributed by atoms with Gasteiger partial charge in [-0.15, -0.1) is 5.10 Å². The fourth-order valence-electron chi connectivity index (χ4n) is 3.45. The van der Waals surface area contributed by atoms with Gasteiger partial charge in [-0.2, -0.15) is 36.1 Å². The van der Waals surface area contributed by atoms with Crippen LogP contribution in [0.3, 0.4) is 0 Å². The molecule has 1 amide bonds. The second kappa shape index (κ2) is 9.63. The number of halogens is 6. The molecule has 1 N–H and O–H groups in total. The Labute approximate surface area is 205 Å². The number of rotatable bonds is 6. The van der Waals surface area contributed by atoms with Crippen molar-refractivity contribution in [3.63, 3.8) is 0 Å². The molecular weight excluding hydrogens is 506 g/mol. The molecule has 0 aliphatic carbocycles. The zero-order valence-corrected chi connectivity index (χ0v) is 19.2. The highest BCUT2D eigenvalue weighted by Gasteiger charge is 2.37. The van der Waals surface area contributed by atoms with E-state index in [2.05, 4.69) is 30.7 Å². The number of aromatic nitrogens is 7. The highest BCUT2D eigenvalue weighted by molar-refractivity contribution is 5.94. The highest BCUT2D eigenvalue weighted by atomic mass is 19.4. The molecular formula is C22H18F6N8O. The van der Waals surface area contributed by atoms with Crippen LogP contribution in [-0.2, 0) is 19.4 Å². The lowest BCUT2D eigenvalue weighted by atomic mass is 10.0. The predicted octanol–water partition coefficient (Wildman–Crippen LogP) is 4.03. The van der Waals surface area contributed by atoms with Crippen molar-refractivity contribution < 1.29 is 31.1 Å². The monoisotopic (exact) mass is 524 g/mol. The van der Waals surface area contributed by atoms with E-state index in [-0.39, 0.29) is 12.6 Å². The van der Waals surface area contributed by atoms with Crippen LogP contribution in [0.15, 0.2) is 49.1 Å². The lowest BCUT2D eigenvalue weighted by Crippen LogP contribution is -2.29. The summed E-state index contributed by atoms with van der Waals surface area (Å²) in [5.41, 5.74) is -2.85. The van der Waals surface area contributed by atoms with Gasteiger partial charge < -0.3 is 5.32 Å². The Morgan fingerprint density at radius 1 is 1.03 bits per heavy atom. The summed E-state index contributed by atoms with van der Waals surface area (Å²) in [5.74, 6) is -1.14. The third kappa shape index (κ3) is 5.76. The van der Waals surface area contributed by atoms with E-state index >= 15 is 0 Å². The third-order valence-electron chi connectivity index (χ3n) is 5.28. The van der Waals surface area contributed by atoms with Crippen LogP contribution in [0.4, 0.5) is 26.3 Å². The number of nitrogens with zero attached hydrogens (tertiary/aromatic N) is 7. The van der Waals surface area contributed by atoms with E-state index < -0.39 is 40.9 Å². The molecule has 0 saturated carbocycles. The minimum absolute atomic E-state index is 0.0383. The van der Waals surface area contributed by atoms with Gasteiger partial charge in [-0.05, 0) is 18.2 Å². The van der Waals surface area contributed by atoms with Gasteiger partial charge in [0.2, 0.25) is 0 Å². The quantitative estimate of drug-likeness (QED) is 0.382. The van der Waals surface area contributed by atoms with Crippen molar-refractivity contribution in [1.29, 1.82) is 0 Å². The molecule has 9 nitrogen and oxygen atoms in total.